The molecule has 0 spiro atoms. The molecule has 0 aromatic rings. The highest BCUT2D eigenvalue weighted by Crippen LogP contribution is 2.28. The van der Waals surface area contributed by atoms with Gasteiger partial charge in [0.1, 0.15) is 0 Å². The van der Waals surface area contributed by atoms with Crippen LogP contribution in [0.4, 0.5) is 13.2 Å². The maximum Gasteiger partial charge on any atom is 0.390 e. The maximum atomic E-state index is 11.8. The average Bonchev–Trinajstić information content (AvgIpc) is 1.95. The van der Waals surface area contributed by atoms with Gasteiger partial charge in [0, 0.05) is 19.6 Å². The van der Waals surface area contributed by atoms with Crippen LogP contribution in [0, 0.1) is 0 Å². The summed E-state index contributed by atoms with van der Waals surface area (Å²) in [5, 5.41) is 9.69. The lowest BCUT2D eigenvalue weighted by atomic mass is 9.89. The number of alkyl halides is 3. The Bertz CT molecular complexity index is 187. The lowest BCUT2D eigenvalue weighted by Crippen LogP contribution is -2.61. The Kier molecular flexibility index (Phi) is 3.42. The molecule has 0 radical (unpaired) electrons. The Labute approximate surface area is 81.7 Å². The van der Waals surface area contributed by atoms with Gasteiger partial charge in [0.15, 0.2) is 0 Å². The van der Waals surface area contributed by atoms with E-state index in [9.17, 15) is 18.3 Å². The molecular weight excluding hydrogens is 195 g/mol. The van der Waals surface area contributed by atoms with Crippen molar-refractivity contribution in [3.8, 4) is 0 Å². The summed E-state index contributed by atoms with van der Waals surface area (Å²) in [6.07, 6.45) is -3.33. The van der Waals surface area contributed by atoms with Crippen molar-refractivity contribution in [1.82, 2.24) is 4.90 Å². The summed E-state index contributed by atoms with van der Waals surface area (Å²) in [5.74, 6) is 0. The van der Waals surface area contributed by atoms with Crippen molar-refractivity contribution in [2.45, 2.75) is 38.0 Å². The molecule has 84 valence electrons. The molecule has 5 heteroatoms. The standard InChI is InChI=1S/C9H16F3NO/c1-2-3-8(14)6-13(7-8)5-4-9(10,11)12/h14H,2-7H2,1H3. The second-order valence-corrected chi connectivity index (χ2v) is 4.05. The topological polar surface area (TPSA) is 23.5 Å². The van der Waals surface area contributed by atoms with Gasteiger partial charge in [-0.1, -0.05) is 13.3 Å². The molecule has 1 rings (SSSR count). The van der Waals surface area contributed by atoms with Crippen LogP contribution in [0.3, 0.4) is 0 Å². The molecule has 1 N–H and O–H groups in total. The molecule has 2 nitrogen and oxygen atoms in total. The second kappa shape index (κ2) is 4.06. The second-order valence-electron chi connectivity index (χ2n) is 4.05. The van der Waals surface area contributed by atoms with E-state index in [2.05, 4.69) is 0 Å². The lowest BCUT2D eigenvalue weighted by Gasteiger charge is -2.46. The minimum absolute atomic E-state index is 0.00945. The van der Waals surface area contributed by atoms with Gasteiger partial charge in [0.2, 0.25) is 0 Å². The predicted molar refractivity (Wildman–Crippen MR) is 47.0 cm³/mol. The highest BCUT2D eigenvalue weighted by atomic mass is 19.4. The van der Waals surface area contributed by atoms with Crippen LogP contribution in [-0.4, -0.2) is 41.4 Å². The van der Waals surface area contributed by atoms with Crippen LogP contribution in [0.1, 0.15) is 26.2 Å². The SMILES string of the molecule is CCCC1(O)CN(CCC(F)(F)F)C1. The van der Waals surface area contributed by atoms with E-state index in [1.165, 1.54) is 0 Å². The molecule has 0 aromatic carbocycles. The Morgan fingerprint density at radius 2 is 1.93 bits per heavy atom. The molecule has 0 aromatic heterocycles. The zero-order valence-corrected chi connectivity index (χ0v) is 8.27. The summed E-state index contributed by atoms with van der Waals surface area (Å²) in [6, 6.07) is 0. The highest BCUT2D eigenvalue weighted by Gasteiger charge is 2.41. The van der Waals surface area contributed by atoms with Crippen molar-refractivity contribution >= 4 is 0 Å². The minimum Gasteiger partial charge on any atom is -0.387 e. The fourth-order valence-electron chi connectivity index (χ4n) is 1.85. The first kappa shape index (κ1) is 11.8. The van der Waals surface area contributed by atoms with Crippen molar-refractivity contribution in [3.63, 3.8) is 0 Å². The average molecular weight is 211 g/mol. The van der Waals surface area contributed by atoms with E-state index < -0.39 is 18.2 Å². The summed E-state index contributed by atoms with van der Waals surface area (Å²) in [6.45, 7) is 2.74. The Morgan fingerprint density at radius 3 is 2.36 bits per heavy atom. The van der Waals surface area contributed by atoms with E-state index in [-0.39, 0.29) is 6.54 Å². The Balaban J connectivity index is 2.16. The van der Waals surface area contributed by atoms with E-state index in [0.29, 0.717) is 19.5 Å². The van der Waals surface area contributed by atoms with Crippen LogP contribution >= 0.6 is 0 Å². The molecule has 0 amide bonds. The van der Waals surface area contributed by atoms with Gasteiger partial charge in [0.25, 0.3) is 0 Å². The third-order valence-corrected chi connectivity index (χ3v) is 2.46. The maximum absolute atomic E-state index is 11.8. The van der Waals surface area contributed by atoms with Crippen molar-refractivity contribution in [1.29, 1.82) is 0 Å². The number of halogens is 3. The number of likely N-dealkylation sites (tertiary alicyclic amines) is 1. The third-order valence-electron chi connectivity index (χ3n) is 2.46. The number of nitrogens with zero attached hydrogens (tertiary/aromatic N) is 1. The number of aliphatic hydroxyl groups is 1. The van der Waals surface area contributed by atoms with Gasteiger partial charge in [-0.15, -0.1) is 0 Å². The first-order valence-corrected chi connectivity index (χ1v) is 4.86. The van der Waals surface area contributed by atoms with Crippen molar-refractivity contribution in [3.05, 3.63) is 0 Å². The number of hydrogen-bond acceptors (Lipinski definition) is 2. The molecule has 0 bridgehead atoms. The van der Waals surface area contributed by atoms with Crippen molar-refractivity contribution in [2.24, 2.45) is 0 Å². The molecular formula is C9H16F3NO. The molecule has 0 atom stereocenters. The quantitative estimate of drug-likeness (QED) is 0.766. The summed E-state index contributed by atoms with van der Waals surface area (Å²) < 4.78 is 35.5. The minimum atomic E-state index is -4.08. The fraction of sp³-hybridized carbons (Fsp3) is 1.00. The van der Waals surface area contributed by atoms with Gasteiger partial charge < -0.3 is 5.11 Å². The van der Waals surface area contributed by atoms with Gasteiger partial charge in [0.05, 0.1) is 12.0 Å². The van der Waals surface area contributed by atoms with Crippen LogP contribution in [0.5, 0.6) is 0 Å². The molecule has 0 saturated carbocycles. The van der Waals surface area contributed by atoms with Crippen LogP contribution in [0.2, 0.25) is 0 Å². The Hall–Kier alpha value is -0.290. The van der Waals surface area contributed by atoms with Crippen LogP contribution in [0.15, 0.2) is 0 Å². The fourth-order valence-corrected chi connectivity index (χ4v) is 1.85. The third kappa shape index (κ3) is 3.46. The monoisotopic (exact) mass is 211 g/mol. The molecule has 1 aliphatic heterocycles. The normalized spacial score (nSPS) is 22.1. The smallest absolute Gasteiger partial charge is 0.387 e. The number of rotatable bonds is 4. The zero-order chi connectivity index (χ0) is 10.8. The predicted octanol–water partition coefficient (Wildman–Crippen LogP) is 1.79. The molecule has 0 unspecified atom stereocenters. The summed E-state index contributed by atoms with van der Waals surface area (Å²) in [4.78, 5) is 1.64. The first-order chi connectivity index (χ1) is 6.35. The van der Waals surface area contributed by atoms with Crippen LogP contribution in [0.25, 0.3) is 0 Å². The van der Waals surface area contributed by atoms with Gasteiger partial charge in [-0.25, -0.2) is 0 Å². The van der Waals surface area contributed by atoms with Gasteiger partial charge in [-0.3, -0.25) is 4.90 Å². The highest BCUT2D eigenvalue weighted by molar-refractivity contribution is 4.94. The van der Waals surface area contributed by atoms with Crippen molar-refractivity contribution in [2.75, 3.05) is 19.6 Å². The molecule has 1 saturated heterocycles. The zero-order valence-electron chi connectivity index (χ0n) is 8.27. The number of hydrogen-bond donors (Lipinski definition) is 1. The molecule has 14 heavy (non-hydrogen) atoms. The van der Waals surface area contributed by atoms with Gasteiger partial charge >= 0.3 is 6.18 Å². The first-order valence-electron chi connectivity index (χ1n) is 4.86. The van der Waals surface area contributed by atoms with E-state index in [1.807, 2.05) is 6.92 Å². The lowest BCUT2D eigenvalue weighted by molar-refractivity contribution is -0.155. The summed E-state index contributed by atoms with van der Waals surface area (Å²) in [5.41, 5.74) is -0.722. The van der Waals surface area contributed by atoms with Crippen LogP contribution < -0.4 is 0 Å². The van der Waals surface area contributed by atoms with E-state index in [1.54, 1.807) is 4.90 Å². The molecule has 1 fully saturated rings. The van der Waals surface area contributed by atoms with E-state index in [4.69, 9.17) is 0 Å². The summed E-state index contributed by atoms with van der Waals surface area (Å²) >= 11 is 0. The van der Waals surface area contributed by atoms with Gasteiger partial charge in [-0.2, -0.15) is 13.2 Å². The van der Waals surface area contributed by atoms with E-state index >= 15 is 0 Å². The largest absolute Gasteiger partial charge is 0.390 e. The van der Waals surface area contributed by atoms with E-state index in [0.717, 1.165) is 6.42 Å². The van der Waals surface area contributed by atoms with Crippen LogP contribution in [-0.2, 0) is 0 Å². The number of β-amino-alcohol motifs (C(OH)–C–C–N with tert-alkyl or cyclic N) is 1. The van der Waals surface area contributed by atoms with Gasteiger partial charge in [-0.05, 0) is 6.42 Å². The van der Waals surface area contributed by atoms with Crippen molar-refractivity contribution < 1.29 is 18.3 Å². The molecule has 1 aliphatic rings. The summed E-state index contributed by atoms with van der Waals surface area (Å²) in [7, 11) is 0. The molecule has 0 aliphatic carbocycles. The molecule has 1 heterocycles. The Morgan fingerprint density at radius 1 is 1.36 bits per heavy atom.